The molecule has 3 aromatic rings. The Morgan fingerprint density at radius 1 is 1.13 bits per heavy atom. The van der Waals surface area contributed by atoms with Gasteiger partial charge in [-0.1, -0.05) is 49.0 Å². The highest BCUT2D eigenvalue weighted by Gasteiger charge is 2.04. The van der Waals surface area contributed by atoms with Crippen LogP contribution in [0.5, 0.6) is 5.75 Å². The van der Waals surface area contributed by atoms with E-state index in [9.17, 15) is 4.79 Å². The fourth-order valence-electron chi connectivity index (χ4n) is 2.71. The van der Waals surface area contributed by atoms with Crippen LogP contribution in [-0.4, -0.2) is 41.1 Å². The van der Waals surface area contributed by atoms with Crippen LogP contribution in [0.1, 0.15) is 30.8 Å². The number of aromatic nitrogens is 2. The molecular weight excluding hydrogens is 386 g/mol. The summed E-state index contributed by atoms with van der Waals surface area (Å²) in [5.74, 6) is 1.60. The van der Waals surface area contributed by atoms with Crippen molar-refractivity contribution in [1.29, 1.82) is 0 Å². The molecule has 0 aliphatic heterocycles. The molecule has 0 unspecified atom stereocenters. The summed E-state index contributed by atoms with van der Waals surface area (Å²) in [6, 6.07) is 17.9. The van der Waals surface area contributed by atoms with E-state index >= 15 is 0 Å². The first-order valence-corrected chi connectivity index (χ1v) is 10.1. The molecule has 3 rings (SSSR count). The van der Waals surface area contributed by atoms with Crippen molar-refractivity contribution in [1.82, 2.24) is 14.5 Å². The Hall–Kier alpha value is -3.60. The summed E-state index contributed by atoms with van der Waals surface area (Å²) in [5.41, 5.74) is 4.51. The maximum Gasteiger partial charge on any atom is 0.259 e. The molecule has 0 fully saturated rings. The summed E-state index contributed by atoms with van der Waals surface area (Å²) in [6.45, 7) is 10.1. The minimum Gasteiger partial charge on any atom is -0.484 e. The van der Waals surface area contributed by atoms with Gasteiger partial charge in [0.15, 0.2) is 6.61 Å². The quantitative estimate of drug-likeness (QED) is 0.540. The number of aryl methyl sites for hydroxylation is 1. The van der Waals surface area contributed by atoms with Gasteiger partial charge in [-0.15, -0.1) is 0 Å². The molecule has 1 aromatic heterocycles. The molecule has 0 radical (unpaired) electrons. The summed E-state index contributed by atoms with van der Waals surface area (Å²) in [7, 11) is 3.42. The molecule has 0 saturated heterocycles. The molecule has 1 heterocycles. The van der Waals surface area contributed by atoms with Gasteiger partial charge in [0.05, 0.1) is 0 Å². The summed E-state index contributed by atoms with van der Waals surface area (Å²) in [5, 5.41) is 0. The predicted octanol–water partition coefficient (Wildman–Crippen LogP) is 5.40. The zero-order chi connectivity index (χ0) is 22.8. The molecule has 5 heteroatoms. The molecule has 31 heavy (non-hydrogen) atoms. The molecule has 0 spiro atoms. The Kier molecular flexibility index (Phi) is 8.82. The molecule has 2 aromatic carbocycles. The number of carbonyl (C=O) groups excluding carboxylic acids is 1. The second-order valence-electron chi connectivity index (χ2n) is 7.51. The zero-order valence-corrected chi connectivity index (χ0v) is 19.0. The second-order valence-corrected chi connectivity index (χ2v) is 7.51. The van der Waals surface area contributed by atoms with Gasteiger partial charge in [-0.05, 0) is 55.2 Å². The molecule has 0 aliphatic carbocycles. The van der Waals surface area contributed by atoms with Crippen LogP contribution in [0.4, 0.5) is 0 Å². The predicted molar refractivity (Wildman–Crippen MR) is 129 cm³/mol. The molecule has 0 bridgehead atoms. The van der Waals surface area contributed by atoms with Gasteiger partial charge in [0, 0.05) is 32.7 Å². The summed E-state index contributed by atoms with van der Waals surface area (Å²) < 4.78 is 7.32. The lowest BCUT2D eigenvalue weighted by Gasteiger charge is -2.11. The average Bonchev–Trinajstić information content (AvgIpc) is 3.21. The van der Waals surface area contributed by atoms with E-state index in [1.807, 2.05) is 67.1 Å². The van der Waals surface area contributed by atoms with Gasteiger partial charge < -0.3 is 14.2 Å². The van der Waals surface area contributed by atoms with Crippen molar-refractivity contribution < 1.29 is 9.53 Å². The molecule has 1 amide bonds. The summed E-state index contributed by atoms with van der Waals surface area (Å²) >= 11 is 0. The average molecular weight is 418 g/mol. The third-order valence-corrected chi connectivity index (χ3v) is 4.46. The van der Waals surface area contributed by atoms with E-state index in [4.69, 9.17) is 4.74 Å². The maximum absolute atomic E-state index is 11.2. The number of hydrogen-bond acceptors (Lipinski definition) is 3. The number of allylic oxidation sites excluding steroid dienone is 2. The Morgan fingerprint density at radius 3 is 2.45 bits per heavy atom. The van der Waals surface area contributed by atoms with Crippen LogP contribution in [0.3, 0.4) is 0 Å². The molecule has 0 atom stereocenters. The topological polar surface area (TPSA) is 47.4 Å². The molecule has 0 aliphatic rings. The number of hydrogen-bond donors (Lipinski definition) is 0. The smallest absolute Gasteiger partial charge is 0.259 e. The minimum atomic E-state index is -0.0356. The normalized spacial score (nSPS) is 10.7. The van der Waals surface area contributed by atoms with E-state index in [-0.39, 0.29) is 12.5 Å². The van der Waals surface area contributed by atoms with Crippen LogP contribution in [-0.2, 0) is 4.79 Å². The van der Waals surface area contributed by atoms with E-state index in [0.29, 0.717) is 0 Å². The number of amides is 1. The monoisotopic (exact) mass is 417 g/mol. The Labute approximate surface area is 185 Å². The Morgan fingerprint density at radius 2 is 1.84 bits per heavy atom. The largest absolute Gasteiger partial charge is 0.484 e. The lowest BCUT2D eigenvalue weighted by molar-refractivity contribution is -0.130. The van der Waals surface area contributed by atoms with Crippen molar-refractivity contribution in [2.75, 3.05) is 20.7 Å². The number of ether oxygens (including phenoxy) is 1. The van der Waals surface area contributed by atoms with Gasteiger partial charge >= 0.3 is 0 Å². The Bertz CT molecular complexity index is 1030. The van der Waals surface area contributed by atoms with E-state index < -0.39 is 0 Å². The number of rotatable bonds is 6. The third-order valence-electron chi connectivity index (χ3n) is 4.46. The first-order valence-electron chi connectivity index (χ1n) is 10.1. The van der Waals surface area contributed by atoms with Crippen LogP contribution in [0.25, 0.3) is 17.3 Å². The van der Waals surface area contributed by atoms with E-state index in [1.54, 1.807) is 20.3 Å². The fraction of sp³-hybridized carbons (Fsp3) is 0.231. The van der Waals surface area contributed by atoms with Gasteiger partial charge in [0.2, 0.25) is 0 Å². The van der Waals surface area contributed by atoms with Crippen molar-refractivity contribution in [3.8, 4) is 5.75 Å². The van der Waals surface area contributed by atoms with Crippen molar-refractivity contribution in [3.63, 3.8) is 0 Å². The van der Waals surface area contributed by atoms with E-state index in [1.165, 1.54) is 16.0 Å². The lowest BCUT2D eigenvalue weighted by atomic mass is 10.1. The van der Waals surface area contributed by atoms with Crippen molar-refractivity contribution in [2.45, 2.75) is 20.8 Å². The lowest BCUT2D eigenvalue weighted by Crippen LogP contribution is -2.27. The van der Waals surface area contributed by atoms with Crippen LogP contribution >= 0.6 is 0 Å². The van der Waals surface area contributed by atoms with Gasteiger partial charge in [0.25, 0.3) is 5.91 Å². The number of carbonyl (C=O) groups is 1. The van der Waals surface area contributed by atoms with Crippen LogP contribution < -0.4 is 4.74 Å². The first kappa shape index (κ1) is 23.7. The van der Waals surface area contributed by atoms with Gasteiger partial charge in [-0.2, -0.15) is 0 Å². The van der Waals surface area contributed by atoms with Crippen molar-refractivity contribution >= 4 is 23.3 Å². The fourth-order valence-corrected chi connectivity index (χ4v) is 2.71. The molecule has 0 saturated carbocycles. The molecular formula is C26H31N3O2. The third kappa shape index (κ3) is 7.63. The van der Waals surface area contributed by atoms with Gasteiger partial charge in [-0.3, -0.25) is 4.79 Å². The van der Waals surface area contributed by atoms with E-state index in [2.05, 4.69) is 36.8 Å². The number of likely N-dealkylation sites (N-methyl/N-ethyl adjacent to an activating group) is 1. The number of benzene rings is 2. The first-order chi connectivity index (χ1) is 14.8. The highest BCUT2D eigenvalue weighted by molar-refractivity contribution is 5.77. The standard InChI is InChI=1S/C15H16N2.C11H15NO2/c1-12(2)15-16-9-10-17(15)11-13(3)14-7-5-4-6-8-14;1-9-5-4-6-10(7-9)14-8-11(13)12(2)3/h4-11H,1H2,2-3H3;4-7H,8H2,1-3H3/b13-11+;. The van der Waals surface area contributed by atoms with Crippen LogP contribution in [0.2, 0.25) is 0 Å². The van der Waals surface area contributed by atoms with Crippen LogP contribution in [0, 0.1) is 6.92 Å². The number of imidazole rings is 1. The SMILES string of the molecule is C=C(C)c1nccn1/C=C(\C)c1ccccc1.Cc1cccc(OCC(=O)N(C)C)c1. The minimum absolute atomic E-state index is 0.0356. The molecule has 5 nitrogen and oxygen atoms in total. The van der Waals surface area contributed by atoms with Gasteiger partial charge in [-0.25, -0.2) is 4.98 Å². The second kappa shape index (κ2) is 11.6. The molecule has 162 valence electrons. The summed E-state index contributed by atoms with van der Waals surface area (Å²) in [6.07, 6.45) is 5.81. The highest BCUT2D eigenvalue weighted by atomic mass is 16.5. The van der Waals surface area contributed by atoms with Crippen molar-refractivity contribution in [3.05, 3.63) is 90.5 Å². The van der Waals surface area contributed by atoms with Gasteiger partial charge in [0.1, 0.15) is 11.6 Å². The summed E-state index contributed by atoms with van der Waals surface area (Å²) in [4.78, 5) is 17.0. The zero-order valence-electron chi connectivity index (χ0n) is 19.0. The Balaban J connectivity index is 0.000000225. The van der Waals surface area contributed by atoms with Crippen LogP contribution in [0.15, 0.2) is 73.6 Å². The van der Waals surface area contributed by atoms with Crippen molar-refractivity contribution in [2.24, 2.45) is 0 Å². The highest BCUT2D eigenvalue weighted by Crippen LogP contribution is 2.17. The molecule has 0 N–H and O–H groups in total. The number of nitrogens with zero attached hydrogens (tertiary/aromatic N) is 3. The van der Waals surface area contributed by atoms with E-state index in [0.717, 1.165) is 22.7 Å². The maximum atomic E-state index is 11.2.